The zero-order chi connectivity index (χ0) is 4.99. The minimum absolute atomic E-state index is 0.375. The van der Waals surface area contributed by atoms with Gasteiger partial charge in [0.15, 0.2) is 0 Å². The molecule has 0 atom stereocenters. The van der Waals surface area contributed by atoms with Gasteiger partial charge in [0.05, 0.1) is 0 Å². The van der Waals surface area contributed by atoms with Crippen LogP contribution in [0.4, 0.5) is 4.79 Å². The van der Waals surface area contributed by atoms with Gasteiger partial charge in [0, 0.05) is 0 Å². The zero-order valence-corrected chi connectivity index (χ0v) is 5.90. The molecular weight excluding hydrogens is 215 g/mol. The Kier molecular flexibility index (Phi) is 4.07. The molecule has 0 aliphatic rings. The SMILES string of the molecule is O=C(S)OCI. The molecule has 0 saturated heterocycles. The van der Waals surface area contributed by atoms with E-state index < -0.39 is 5.30 Å². The van der Waals surface area contributed by atoms with E-state index >= 15 is 0 Å². The van der Waals surface area contributed by atoms with Crippen molar-refractivity contribution in [3.63, 3.8) is 0 Å². The topological polar surface area (TPSA) is 26.3 Å². The quantitative estimate of drug-likeness (QED) is 0.312. The fraction of sp³-hybridized carbons (Fsp3) is 0.500. The van der Waals surface area contributed by atoms with Crippen molar-refractivity contribution in [1.29, 1.82) is 0 Å². The molecule has 0 aliphatic heterocycles. The van der Waals surface area contributed by atoms with E-state index in [0.717, 1.165) is 0 Å². The van der Waals surface area contributed by atoms with Crippen LogP contribution in [0.5, 0.6) is 0 Å². The third-order valence-electron chi connectivity index (χ3n) is 0.178. The maximum absolute atomic E-state index is 9.68. The van der Waals surface area contributed by atoms with Gasteiger partial charge in [0.1, 0.15) is 4.61 Å². The molecule has 0 radical (unpaired) electrons. The average molecular weight is 218 g/mol. The van der Waals surface area contributed by atoms with Gasteiger partial charge in [-0.3, -0.25) is 0 Å². The molecule has 0 aromatic heterocycles. The van der Waals surface area contributed by atoms with Gasteiger partial charge in [0.2, 0.25) is 0 Å². The first-order valence-corrected chi connectivity index (χ1v) is 3.16. The molecule has 0 aromatic rings. The smallest absolute Gasteiger partial charge is 0.364 e. The van der Waals surface area contributed by atoms with Crippen molar-refractivity contribution in [2.45, 2.75) is 0 Å². The third-order valence-corrected chi connectivity index (χ3v) is 0.619. The Morgan fingerprint density at radius 3 is 2.50 bits per heavy atom. The van der Waals surface area contributed by atoms with Crippen molar-refractivity contribution in [2.24, 2.45) is 0 Å². The number of thiol groups is 1. The zero-order valence-electron chi connectivity index (χ0n) is 2.85. The fourth-order valence-electron chi connectivity index (χ4n) is 0.0467. The summed E-state index contributed by atoms with van der Waals surface area (Å²) in [6.45, 7) is 0. The monoisotopic (exact) mass is 218 g/mol. The van der Waals surface area contributed by atoms with Gasteiger partial charge in [-0.15, -0.1) is 0 Å². The lowest BCUT2D eigenvalue weighted by Gasteiger charge is -1.86. The Bertz CT molecular complexity index is 55.5. The largest absolute Gasteiger partial charge is 0.447 e. The van der Waals surface area contributed by atoms with Crippen molar-refractivity contribution in [2.75, 3.05) is 4.61 Å². The number of rotatable bonds is 1. The normalized spacial score (nSPS) is 7.67. The summed E-state index contributed by atoms with van der Waals surface area (Å²) >= 11 is 5.22. The van der Waals surface area contributed by atoms with Crippen LogP contribution in [0.3, 0.4) is 0 Å². The second-order valence-electron chi connectivity index (χ2n) is 0.519. The van der Waals surface area contributed by atoms with Crippen molar-refractivity contribution in [1.82, 2.24) is 0 Å². The lowest BCUT2D eigenvalue weighted by atomic mass is 11.5. The molecule has 0 heterocycles. The molecule has 4 heteroatoms. The lowest BCUT2D eigenvalue weighted by Crippen LogP contribution is -1.86. The number of hydrogen-bond acceptors (Lipinski definition) is 2. The van der Waals surface area contributed by atoms with Crippen LogP contribution in [0.25, 0.3) is 0 Å². The predicted molar refractivity (Wildman–Crippen MR) is 34.4 cm³/mol. The summed E-state index contributed by atoms with van der Waals surface area (Å²) in [5, 5.41) is -0.524. The van der Waals surface area contributed by atoms with Crippen LogP contribution in [0.2, 0.25) is 0 Å². The van der Waals surface area contributed by atoms with E-state index in [1.165, 1.54) is 0 Å². The van der Waals surface area contributed by atoms with Crippen LogP contribution in [-0.2, 0) is 4.74 Å². The number of alkyl halides is 1. The number of carbonyl (C=O) groups is 1. The predicted octanol–water partition coefficient (Wildman–Crippen LogP) is 1.45. The molecular formula is C2H3IO2S. The van der Waals surface area contributed by atoms with Crippen molar-refractivity contribution in [3.8, 4) is 0 Å². The Morgan fingerprint density at radius 2 is 2.50 bits per heavy atom. The van der Waals surface area contributed by atoms with E-state index in [4.69, 9.17) is 0 Å². The van der Waals surface area contributed by atoms with Crippen LogP contribution in [-0.4, -0.2) is 9.91 Å². The first-order chi connectivity index (χ1) is 2.77. The number of halogens is 1. The van der Waals surface area contributed by atoms with Crippen LogP contribution in [0, 0.1) is 0 Å². The molecule has 0 amide bonds. The molecule has 2 nitrogen and oxygen atoms in total. The number of ether oxygens (including phenoxy) is 1. The summed E-state index contributed by atoms with van der Waals surface area (Å²) in [6, 6.07) is 0. The molecule has 0 rings (SSSR count). The maximum Gasteiger partial charge on any atom is 0.364 e. The molecule has 6 heavy (non-hydrogen) atoms. The van der Waals surface area contributed by atoms with Gasteiger partial charge < -0.3 is 4.74 Å². The maximum atomic E-state index is 9.68. The van der Waals surface area contributed by atoms with E-state index in [1.807, 2.05) is 22.6 Å². The van der Waals surface area contributed by atoms with Crippen LogP contribution >= 0.6 is 35.2 Å². The van der Waals surface area contributed by atoms with Gasteiger partial charge in [-0.25, -0.2) is 4.79 Å². The van der Waals surface area contributed by atoms with Gasteiger partial charge in [-0.1, -0.05) is 12.6 Å². The Hall–Kier alpha value is 0.550. The second kappa shape index (κ2) is 3.73. The molecule has 0 spiro atoms. The van der Waals surface area contributed by atoms with Gasteiger partial charge >= 0.3 is 5.30 Å². The highest BCUT2D eigenvalue weighted by atomic mass is 127. The highest BCUT2D eigenvalue weighted by Gasteiger charge is 1.84. The van der Waals surface area contributed by atoms with Gasteiger partial charge in [-0.05, 0) is 22.6 Å². The van der Waals surface area contributed by atoms with E-state index in [0.29, 0.717) is 4.61 Å². The Morgan fingerprint density at radius 1 is 2.00 bits per heavy atom. The van der Waals surface area contributed by atoms with Crippen LogP contribution < -0.4 is 0 Å². The van der Waals surface area contributed by atoms with Crippen molar-refractivity contribution < 1.29 is 9.53 Å². The summed E-state index contributed by atoms with van der Waals surface area (Å²) in [4.78, 5) is 9.68. The first-order valence-electron chi connectivity index (χ1n) is 1.19. The molecule has 0 aliphatic carbocycles. The minimum atomic E-state index is -0.524. The minimum Gasteiger partial charge on any atom is -0.447 e. The molecule has 0 fully saturated rings. The highest BCUT2D eigenvalue weighted by molar-refractivity contribution is 14.1. The summed E-state index contributed by atoms with van der Waals surface area (Å²) in [5.74, 6) is 0. The summed E-state index contributed by atoms with van der Waals surface area (Å²) in [7, 11) is 0. The van der Waals surface area contributed by atoms with Gasteiger partial charge in [0.25, 0.3) is 0 Å². The van der Waals surface area contributed by atoms with Gasteiger partial charge in [-0.2, -0.15) is 0 Å². The van der Waals surface area contributed by atoms with E-state index in [-0.39, 0.29) is 0 Å². The van der Waals surface area contributed by atoms with Crippen LogP contribution in [0.15, 0.2) is 0 Å². The Labute approximate surface area is 54.8 Å². The molecule has 36 valence electrons. The fourth-order valence-corrected chi connectivity index (χ4v) is 0.640. The van der Waals surface area contributed by atoms with Crippen LogP contribution in [0.1, 0.15) is 0 Å². The molecule has 0 saturated carbocycles. The molecule has 0 unspecified atom stereocenters. The van der Waals surface area contributed by atoms with E-state index in [2.05, 4.69) is 17.4 Å². The summed E-state index contributed by atoms with van der Waals surface area (Å²) < 4.78 is 4.63. The number of hydrogen-bond donors (Lipinski definition) is 1. The lowest BCUT2D eigenvalue weighted by molar-refractivity contribution is 0.198. The van der Waals surface area contributed by atoms with E-state index in [9.17, 15) is 4.79 Å². The molecule has 0 bridgehead atoms. The molecule has 0 N–H and O–H groups in total. The second-order valence-corrected chi connectivity index (χ2v) is 1.51. The molecule has 0 aromatic carbocycles. The summed E-state index contributed by atoms with van der Waals surface area (Å²) in [6.07, 6.45) is 0. The summed E-state index contributed by atoms with van der Waals surface area (Å²) in [5.41, 5.74) is 0. The van der Waals surface area contributed by atoms with Crippen molar-refractivity contribution >= 4 is 40.5 Å². The van der Waals surface area contributed by atoms with E-state index in [1.54, 1.807) is 0 Å². The standard InChI is InChI=1S/C2H3IO2S/c3-1-5-2(4)6/h1H2,(H,4,6). The third kappa shape index (κ3) is 4.55. The highest BCUT2D eigenvalue weighted by Crippen LogP contribution is 1.88. The average Bonchev–Trinajstić information content (AvgIpc) is 1.35. The number of carbonyl (C=O) groups excluding carboxylic acids is 1. The first kappa shape index (κ1) is 6.55. The Balaban J connectivity index is 2.83. The van der Waals surface area contributed by atoms with Crippen molar-refractivity contribution in [3.05, 3.63) is 0 Å².